The standard InChI is InChI=1S/C17H21NO6/c1-10(15-7-13(20)4-5-16(15)22)18(24)12(9-19)6-11-2-3-14(21)8-17(11)23/h2-5,7-8,10,12,19-24H,6,9H2,1H3. The number of hydroxylamine groups is 2. The summed E-state index contributed by atoms with van der Waals surface area (Å²) in [5.74, 6) is -0.381. The molecule has 0 bridgehead atoms. The molecule has 6 N–H and O–H groups in total. The van der Waals surface area contributed by atoms with Gasteiger partial charge in [0, 0.05) is 11.6 Å². The van der Waals surface area contributed by atoms with E-state index in [1.165, 1.54) is 36.4 Å². The minimum absolute atomic E-state index is 0.0558. The molecule has 7 nitrogen and oxygen atoms in total. The fraction of sp³-hybridized carbons (Fsp3) is 0.294. The zero-order valence-corrected chi connectivity index (χ0v) is 13.2. The first-order chi connectivity index (χ1) is 11.3. The molecule has 2 rings (SSSR count). The first kappa shape index (κ1) is 17.9. The third-order valence-corrected chi connectivity index (χ3v) is 3.97. The Kier molecular flexibility index (Phi) is 5.50. The van der Waals surface area contributed by atoms with Crippen LogP contribution in [0, 0.1) is 0 Å². The Labute approximate surface area is 139 Å². The summed E-state index contributed by atoms with van der Waals surface area (Å²) in [5.41, 5.74) is 0.740. The number of nitrogens with zero attached hydrogens (tertiary/aromatic N) is 1. The van der Waals surface area contributed by atoms with Gasteiger partial charge in [0.05, 0.1) is 18.7 Å². The second kappa shape index (κ2) is 7.39. The van der Waals surface area contributed by atoms with Crippen LogP contribution in [0.2, 0.25) is 0 Å². The van der Waals surface area contributed by atoms with Crippen molar-refractivity contribution < 1.29 is 30.7 Å². The largest absolute Gasteiger partial charge is 0.508 e. The lowest BCUT2D eigenvalue weighted by atomic mass is 10.0. The Bertz CT molecular complexity index is 705. The van der Waals surface area contributed by atoms with Crippen molar-refractivity contribution in [3.05, 3.63) is 47.5 Å². The van der Waals surface area contributed by atoms with Crippen molar-refractivity contribution in [1.29, 1.82) is 0 Å². The van der Waals surface area contributed by atoms with Crippen molar-refractivity contribution in [2.24, 2.45) is 0 Å². The van der Waals surface area contributed by atoms with E-state index < -0.39 is 18.7 Å². The van der Waals surface area contributed by atoms with Crippen molar-refractivity contribution in [2.45, 2.75) is 25.4 Å². The van der Waals surface area contributed by atoms with Crippen LogP contribution in [0.5, 0.6) is 23.0 Å². The summed E-state index contributed by atoms with van der Waals surface area (Å²) < 4.78 is 0. The molecule has 0 fully saturated rings. The summed E-state index contributed by atoms with van der Waals surface area (Å²) in [6.45, 7) is 1.20. The molecule has 0 aliphatic heterocycles. The summed E-state index contributed by atoms with van der Waals surface area (Å²) in [5, 5.41) is 59.4. The van der Waals surface area contributed by atoms with Gasteiger partial charge in [-0.05, 0) is 43.2 Å². The van der Waals surface area contributed by atoms with Gasteiger partial charge in [-0.1, -0.05) is 6.07 Å². The summed E-state index contributed by atoms with van der Waals surface area (Å²) >= 11 is 0. The number of rotatable bonds is 6. The first-order valence-corrected chi connectivity index (χ1v) is 7.44. The van der Waals surface area contributed by atoms with Crippen molar-refractivity contribution in [3.63, 3.8) is 0 Å². The molecular formula is C17H21NO6. The van der Waals surface area contributed by atoms with Crippen molar-refractivity contribution in [2.75, 3.05) is 6.61 Å². The number of aliphatic hydroxyl groups is 1. The fourth-order valence-corrected chi connectivity index (χ4v) is 2.56. The second-order valence-electron chi connectivity index (χ2n) is 5.65. The van der Waals surface area contributed by atoms with Gasteiger partial charge in [0.2, 0.25) is 0 Å². The van der Waals surface area contributed by atoms with Crippen LogP contribution < -0.4 is 0 Å². The van der Waals surface area contributed by atoms with Crippen molar-refractivity contribution in [3.8, 4) is 23.0 Å². The van der Waals surface area contributed by atoms with Gasteiger partial charge in [-0.25, -0.2) is 0 Å². The number of hydrogen-bond acceptors (Lipinski definition) is 7. The Hall–Kier alpha value is -2.48. The van der Waals surface area contributed by atoms with E-state index in [4.69, 9.17) is 0 Å². The zero-order chi connectivity index (χ0) is 17.9. The molecule has 0 aliphatic carbocycles. The predicted octanol–water partition coefficient (Wildman–Crippen LogP) is 1.86. The molecule has 0 aliphatic rings. The van der Waals surface area contributed by atoms with Gasteiger partial charge in [0.15, 0.2) is 0 Å². The molecule has 0 amide bonds. The summed E-state index contributed by atoms with van der Waals surface area (Å²) in [6.07, 6.45) is 0.114. The van der Waals surface area contributed by atoms with Crippen LogP contribution in [0.25, 0.3) is 0 Å². The van der Waals surface area contributed by atoms with E-state index in [1.807, 2.05) is 0 Å². The van der Waals surface area contributed by atoms with Gasteiger partial charge in [-0.2, -0.15) is 5.06 Å². The Morgan fingerprint density at radius 3 is 2.17 bits per heavy atom. The summed E-state index contributed by atoms with van der Waals surface area (Å²) in [7, 11) is 0. The smallest absolute Gasteiger partial charge is 0.122 e. The average molecular weight is 335 g/mol. The van der Waals surface area contributed by atoms with Crippen LogP contribution >= 0.6 is 0 Å². The van der Waals surface area contributed by atoms with E-state index in [-0.39, 0.29) is 29.4 Å². The molecule has 2 atom stereocenters. The first-order valence-electron chi connectivity index (χ1n) is 7.44. The average Bonchev–Trinajstić information content (AvgIpc) is 2.55. The maximum absolute atomic E-state index is 10.4. The number of phenols is 4. The van der Waals surface area contributed by atoms with Crippen LogP contribution in [0.15, 0.2) is 36.4 Å². The molecule has 2 aromatic rings. The van der Waals surface area contributed by atoms with E-state index >= 15 is 0 Å². The van der Waals surface area contributed by atoms with Gasteiger partial charge in [0.25, 0.3) is 0 Å². The van der Waals surface area contributed by atoms with Crippen LogP contribution in [-0.2, 0) is 6.42 Å². The molecule has 0 spiro atoms. The topological polar surface area (TPSA) is 125 Å². The molecule has 0 radical (unpaired) electrons. The Morgan fingerprint density at radius 2 is 1.54 bits per heavy atom. The highest BCUT2D eigenvalue weighted by atomic mass is 16.5. The number of aliphatic hydroxyl groups excluding tert-OH is 1. The quantitative estimate of drug-likeness (QED) is 0.352. The lowest BCUT2D eigenvalue weighted by Crippen LogP contribution is -2.38. The number of aromatic hydroxyl groups is 4. The molecule has 2 aromatic carbocycles. The lowest BCUT2D eigenvalue weighted by molar-refractivity contribution is -0.166. The molecule has 2 unspecified atom stereocenters. The number of hydrogen-bond donors (Lipinski definition) is 6. The normalized spacial score (nSPS) is 13.8. The van der Waals surface area contributed by atoms with E-state index in [9.17, 15) is 30.7 Å². The fourth-order valence-electron chi connectivity index (χ4n) is 2.56. The highest BCUT2D eigenvalue weighted by Crippen LogP contribution is 2.32. The molecule has 7 heteroatoms. The number of benzene rings is 2. The molecule has 24 heavy (non-hydrogen) atoms. The van der Waals surface area contributed by atoms with Crippen LogP contribution in [0.1, 0.15) is 24.1 Å². The second-order valence-corrected chi connectivity index (χ2v) is 5.65. The minimum Gasteiger partial charge on any atom is -0.508 e. The Morgan fingerprint density at radius 1 is 0.917 bits per heavy atom. The zero-order valence-electron chi connectivity index (χ0n) is 13.2. The van der Waals surface area contributed by atoms with Crippen molar-refractivity contribution >= 4 is 0 Å². The SMILES string of the molecule is CC(c1cc(O)ccc1O)N(O)C(CO)Cc1ccc(O)cc1O. The highest BCUT2D eigenvalue weighted by molar-refractivity contribution is 5.41. The van der Waals surface area contributed by atoms with Crippen LogP contribution in [-0.4, -0.2) is 48.5 Å². The molecule has 0 saturated heterocycles. The number of phenolic OH excluding ortho intramolecular Hbond substituents is 4. The van der Waals surface area contributed by atoms with E-state index in [2.05, 4.69) is 0 Å². The van der Waals surface area contributed by atoms with Gasteiger partial charge in [0.1, 0.15) is 23.0 Å². The molecular weight excluding hydrogens is 314 g/mol. The minimum atomic E-state index is -0.766. The Balaban J connectivity index is 2.21. The third-order valence-electron chi connectivity index (χ3n) is 3.97. The predicted molar refractivity (Wildman–Crippen MR) is 86.2 cm³/mol. The highest BCUT2D eigenvalue weighted by Gasteiger charge is 2.26. The van der Waals surface area contributed by atoms with E-state index in [1.54, 1.807) is 6.92 Å². The maximum Gasteiger partial charge on any atom is 0.122 e. The maximum atomic E-state index is 10.4. The van der Waals surface area contributed by atoms with Gasteiger partial charge < -0.3 is 30.7 Å². The van der Waals surface area contributed by atoms with E-state index in [0.717, 1.165) is 5.06 Å². The van der Waals surface area contributed by atoms with Gasteiger partial charge in [-0.15, -0.1) is 0 Å². The lowest BCUT2D eigenvalue weighted by Gasteiger charge is -2.30. The van der Waals surface area contributed by atoms with Gasteiger partial charge in [-0.3, -0.25) is 0 Å². The molecule has 0 aromatic heterocycles. The van der Waals surface area contributed by atoms with Crippen LogP contribution in [0.3, 0.4) is 0 Å². The molecule has 0 heterocycles. The van der Waals surface area contributed by atoms with Crippen LogP contribution in [0.4, 0.5) is 0 Å². The molecule has 130 valence electrons. The monoisotopic (exact) mass is 335 g/mol. The summed E-state index contributed by atoms with van der Waals surface area (Å²) in [4.78, 5) is 0. The molecule has 0 saturated carbocycles. The van der Waals surface area contributed by atoms with E-state index in [0.29, 0.717) is 11.1 Å². The van der Waals surface area contributed by atoms with Gasteiger partial charge >= 0.3 is 0 Å². The van der Waals surface area contributed by atoms with Crippen molar-refractivity contribution in [1.82, 2.24) is 5.06 Å². The third kappa shape index (κ3) is 3.88. The summed E-state index contributed by atoms with van der Waals surface area (Å²) in [6, 6.07) is 6.56.